The van der Waals surface area contributed by atoms with Crippen molar-refractivity contribution >= 4 is 11.9 Å². The predicted octanol–water partition coefficient (Wildman–Crippen LogP) is 4.53. The lowest BCUT2D eigenvalue weighted by Crippen LogP contribution is -2.63. The minimum Gasteiger partial charge on any atom is -0.464 e. The summed E-state index contributed by atoms with van der Waals surface area (Å²) in [6, 6.07) is 18.5. The Morgan fingerprint density at radius 2 is 1.43 bits per heavy atom. The van der Waals surface area contributed by atoms with E-state index in [-0.39, 0.29) is 33.0 Å². The lowest BCUT2D eigenvalue weighted by molar-refractivity contribution is -0.337. The van der Waals surface area contributed by atoms with Gasteiger partial charge in [0.25, 0.3) is 0 Å². The molecule has 54 heavy (non-hydrogen) atoms. The molecule has 0 N–H and O–H groups in total. The molecule has 4 saturated heterocycles. The lowest BCUT2D eigenvalue weighted by atomic mass is 9.97. The Hall–Kier alpha value is -3.28. The molecule has 4 aliphatic rings. The summed E-state index contributed by atoms with van der Waals surface area (Å²) < 4.78 is 75.1. The Morgan fingerprint density at radius 3 is 2.11 bits per heavy atom. The molecule has 0 unspecified atom stereocenters. The molecular weight excluding hydrogens is 704 g/mol. The predicted molar refractivity (Wildman–Crippen MR) is 189 cm³/mol. The Kier molecular flexibility index (Phi) is 13.2. The molecule has 4 aliphatic heterocycles. The monoisotopic (exact) mass is 756 g/mol. The minimum atomic E-state index is -1.22. The number of fused-ring (bicyclic) bond motifs is 3. The molecule has 2 aromatic rings. The Labute approximate surface area is 316 Å². The summed E-state index contributed by atoms with van der Waals surface area (Å²) in [6.07, 6.45) is -7.74. The van der Waals surface area contributed by atoms with Crippen molar-refractivity contribution in [2.75, 3.05) is 26.4 Å². The highest BCUT2D eigenvalue weighted by atomic mass is 16.9. The van der Waals surface area contributed by atoms with Crippen molar-refractivity contribution in [1.82, 2.24) is 0 Å². The molecule has 4 fully saturated rings. The summed E-state index contributed by atoms with van der Waals surface area (Å²) in [6.45, 7) is 14.3. The maximum atomic E-state index is 13.6. The first kappa shape index (κ1) is 40.4. The molecule has 0 aliphatic carbocycles. The van der Waals surface area contributed by atoms with Crippen LogP contribution in [0.3, 0.4) is 0 Å². The molecule has 6 rings (SSSR count). The van der Waals surface area contributed by atoms with Gasteiger partial charge in [-0.05, 0) is 45.7 Å². The van der Waals surface area contributed by atoms with Gasteiger partial charge in [0.05, 0.1) is 26.4 Å². The third kappa shape index (κ3) is 9.74. The second-order valence-corrected chi connectivity index (χ2v) is 14.4. The summed E-state index contributed by atoms with van der Waals surface area (Å²) in [5.41, 5.74) is 1.44. The summed E-state index contributed by atoms with van der Waals surface area (Å²) in [5.74, 6) is -2.96. The van der Waals surface area contributed by atoms with E-state index in [2.05, 4.69) is 6.58 Å². The molecule has 0 bridgehead atoms. The molecule has 4 heterocycles. The number of hydrogen-bond donors (Lipinski definition) is 0. The van der Waals surface area contributed by atoms with Gasteiger partial charge in [-0.1, -0.05) is 66.7 Å². The van der Waals surface area contributed by atoms with Crippen LogP contribution in [0, 0.1) is 0 Å². The van der Waals surface area contributed by atoms with Crippen LogP contribution in [0.2, 0.25) is 0 Å². The molecule has 0 radical (unpaired) electrons. The van der Waals surface area contributed by atoms with Crippen molar-refractivity contribution in [2.45, 2.75) is 127 Å². The SMILES string of the molecule is C=CCO[C@@H]1[C@@H](O[C@H](C(=O)OCC)c2ccccc2)[C@H](OC[C@H]2O[C@@H]3OC(C)(C)O[C@@H]3[C@H]3OC(C)(C)O[C@H]32)O[C@H](COC(C)=O)[C@H]1OCc1ccccc1. The Morgan fingerprint density at radius 1 is 0.759 bits per heavy atom. The zero-order valence-electron chi connectivity index (χ0n) is 31.7. The van der Waals surface area contributed by atoms with Crippen LogP contribution < -0.4 is 0 Å². The van der Waals surface area contributed by atoms with Gasteiger partial charge in [0.2, 0.25) is 0 Å². The van der Waals surface area contributed by atoms with Gasteiger partial charge < -0.3 is 56.8 Å². The Balaban J connectivity index is 1.34. The fraction of sp³-hybridized carbons (Fsp3) is 0.600. The van der Waals surface area contributed by atoms with E-state index in [4.69, 9.17) is 56.8 Å². The number of carbonyl (C=O) groups is 2. The maximum absolute atomic E-state index is 13.6. The zero-order valence-corrected chi connectivity index (χ0v) is 31.7. The third-order valence-electron chi connectivity index (χ3n) is 9.31. The molecule has 0 amide bonds. The average Bonchev–Trinajstić information content (AvgIpc) is 3.65. The summed E-state index contributed by atoms with van der Waals surface area (Å²) in [5, 5.41) is 0. The quantitative estimate of drug-likeness (QED) is 0.175. The number of esters is 2. The van der Waals surface area contributed by atoms with Crippen LogP contribution in [0.4, 0.5) is 0 Å². The van der Waals surface area contributed by atoms with Crippen LogP contribution in [0.25, 0.3) is 0 Å². The summed E-state index contributed by atoms with van der Waals surface area (Å²) >= 11 is 0. The third-order valence-corrected chi connectivity index (χ3v) is 9.31. The molecule has 2 aromatic carbocycles. The summed E-state index contributed by atoms with van der Waals surface area (Å²) in [4.78, 5) is 25.7. The molecule has 14 nitrogen and oxygen atoms in total. The standard InChI is InChI=1S/C40H52O14/c1-8-20-44-32-30(46-21-25-16-12-10-13-17-25)27(22-45-24(3)41)48-37(34(32)50-29(36(42)43-9-2)26-18-14-11-15-19-26)47-23-28-31-33(52-39(4,5)51-31)35-38(49-28)54-40(6,7)53-35/h8,10-19,27-35,37-38H,1,9,20-23H2,2-7H3/t27-,28-,29+,30-,31+,32+,33+,34-,35-,37-,38-/m1/s1. The normalized spacial score (nSPS) is 32.9. The topological polar surface area (TPSA) is 145 Å². The van der Waals surface area contributed by atoms with Gasteiger partial charge in [-0.2, -0.15) is 0 Å². The second-order valence-electron chi connectivity index (χ2n) is 14.4. The van der Waals surface area contributed by atoms with Gasteiger partial charge in [-0.3, -0.25) is 4.79 Å². The van der Waals surface area contributed by atoms with Crippen LogP contribution >= 0.6 is 0 Å². The van der Waals surface area contributed by atoms with E-state index in [9.17, 15) is 9.59 Å². The fourth-order valence-electron chi connectivity index (χ4n) is 7.12. The highest BCUT2D eigenvalue weighted by Crippen LogP contribution is 2.44. The maximum Gasteiger partial charge on any atom is 0.339 e. The first-order valence-electron chi connectivity index (χ1n) is 18.4. The van der Waals surface area contributed by atoms with Gasteiger partial charge >= 0.3 is 11.9 Å². The van der Waals surface area contributed by atoms with Crippen LogP contribution in [-0.2, 0) is 73.0 Å². The van der Waals surface area contributed by atoms with E-state index in [0.717, 1.165) is 5.56 Å². The zero-order chi connectivity index (χ0) is 38.5. The first-order valence-corrected chi connectivity index (χ1v) is 18.4. The number of rotatable bonds is 16. The van der Waals surface area contributed by atoms with Gasteiger partial charge in [0, 0.05) is 6.92 Å². The van der Waals surface area contributed by atoms with E-state index in [1.807, 2.05) is 64.1 Å². The molecule has 0 saturated carbocycles. The number of hydrogen-bond acceptors (Lipinski definition) is 14. The van der Waals surface area contributed by atoms with E-state index in [1.165, 1.54) is 6.92 Å². The highest BCUT2D eigenvalue weighted by molar-refractivity contribution is 5.76. The lowest BCUT2D eigenvalue weighted by Gasteiger charge is -2.46. The Bertz CT molecular complexity index is 1540. The number of ether oxygens (including phenoxy) is 12. The van der Waals surface area contributed by atoms with Gasteiger partial charge in [0.15, 0.2) is 30.3 Å². The van der Waals surface area contributed by atoms with Crippen LogP contribution in [0.1, 0.15) is 58.8 Å². The molecule has 11 atom stereocenters. The second kappa shape index (κ2) is 17.7. The van der Waals surface area contributed by atoms with Crippen molar-refractivity contribution in [2.24, 2.45) is 0 Å². The fourth-order valence-corrected chi connectivity index (χ4v) is 7.12. The smallest absolute Gasteiger partial charge is 0.339 e. The van der Waals surface area contributed by atoms with Crippen LogP contribution in [0.15, 0.2) is 73.3 Å². The number of benzene rings is 2. The van der Waals surface area contributed by atoms with E-state index < -0.39 is 91.0 Å². The van der Waals surface area contributed by atoms with Crippen molar-refractivity contribution in [3.05, 3.63) is 84.4 Å². The van der Waals surface area contributed by atoms with Crippen molar-refractivity contribution in [3.63, 3.8) is 0 Å². The highest BCUT2D eigenvalue weighted by Gasteiger charge is 2.61. The van der Waals surface area contributed by atoms with E-state index >= 15 is 0 Å². The van der Waals surface area contributed by atoms with E-state index in [0.29, 0.717) is 5.56 Å². The average molecular weight is 757 g/mol. The van der Waals surface area contributed by atoms with Crippen molar-refractivity contribution in [1.29, 1.82) is 0 Å². The molecule has 296 valence electrons. The molecule has 14 heteroatoms. The van der Waals surface area contributed by atoms with Gasteiger partial charge in [-0.15, -0.1) is 6.58 Å². The van der Waals surface area contributed by atoms with Crippen molar-refractivity contribution < 1.29 is 66.4 Å². The molecule has 0 aromatic heterocycles. The molecule has 0 spiro atoms. The van der Waals surface area contributed by atoms with Crippen LogP contribution in [0.5, 0.6) is 0 Å². The first-order chi connectivity index (χ1) is 25.9. The molecular formula is C40H52O14. The van der Waals surface area contributed by atoms with Gasteiger partial charge in [-0.25, -0.2) is 4.79 Å². The van der Waals surface area contributed by atoms with Crippen LogP contribution in [-0.4, -0.2) is 111 Å². The number of carbonyl (C=O) groups excluding carboxylic acids is 2. The van der Waals surface area contributed by atoms with Gasteiger partial charge in [0.1, 0.15) is 55.4 Å². The largest absolute Gasteiger partial charge is 0.464 e. The van der Waals surface area contributed by atoms with E-state index in [1.54, 1.807) is 37.3 Å². The minimum absolute atomic E-state index is 0.0858. The van der Waals surface area contributed by atoms with Crippen molar-refractivity contribution in [3.8, 4) is 0 Å². The summed E-state index contributed by atoms with van der Waals surface area (Å²) in [7, 11) is 0.